The number of hydrogen-bond donors (Lipinski definition) is 1. The van der Waals surface area contributed by atoms with Crippen molar-refractivity contribution in [3.8, 4) is 0 Å². The fraction of sp³-hybridized carbons (Fsp3) is 1.00. The zero-order chi connectivity index (χ0) is 7.73. The van der Waals surface area contributed by atoms with Crippen LogP contribution < -0.4 is 5.73 Å². The van der Waals surface area contributed by atoms with Crippen LogP contribution in [0.25, 0.3) is 0 Å². The zero-order valence-electron chi connectivity index (χ0n) is 7.01. The van der Waals surface area contributed by atoms with E-state index in [-0.39, 0.29) is 5.54 Å². The lowest BCUT2D eigenvalue weighted by atomic mass is 10.0. The van der Waals surface area contributed by atoms with Gasteiger partial charge in [0.1, 0.15) is 0 Å². The van der Waals surface area contributed by atoms with Gasteiger partial charge in [0.25, 0.3) is 0 Å². The van der Waals surface area contributed by atoms with Gasteiger partial charge in [0.2, 0.25) is 0 Å². The maximum absolute atomic E-state index is 5.98. The summed E-state index contributed by atoms with van der Waals surface area (Å²) < 4.78 is 0. The number of nitrogens with two attached hydrogens (primary N) is 1. The van der Waals surface area contributed by atoms with Gasteiger partial charge >= 0.3 is 0 Å². The second kappa shape index (κ2) is 2.98. The molecule has 0 radical (unpaired) electrons. The van der Waals surface area contributed by atoms with Crippen molar-refractivity contribution in [3.63, 3.8) is 0 Å². The standard InChI is InChI=1S/C9H17NS/c10-9(4-5-9)6-7-11-8-2-1-3-8/h8H,1-7,10H2. The molecule has 2 fully saturated rings. The van der Waals surface area contributed by atoms with E-state index >= 15 is 0 Å². The van der Waals surface area contributed by atoms with Crippen LogP contribution in [0, 0.1) is 0 Å². The van der Waals surface area contributed by atoms with Crippen LogP contribution in [0.3, 0.4) is 0 Å². The minimum atomic E-state index is 0.288. The van der Waals surface area contributed by atoms with Crippen LogP contribution in [0.15, 0.2) is 0 Å². The van der Waals surface area contributed by atoms with Crippen molar-refractivity contribution in [3.05, 3.63) is 0 Å². The molecule has 0 aliphatic heterocycles. The zero-order valence-corrected chi connectivity index (χ0v) is 7.83. The van der Waals surface area contributed by atoms with E-state index in [4.69, 9.17) is 5.73 Å². The van der Waals surface area contributed by atoms with E-state index < -0.39 is 0 Å². The highest BCUT2D eigenvalue weighted by Gasteiger charge is 2.37. The SMILES string of the molecule is NC1(CCSC2CCC2)CC1. The summed E-state index contributed by atoms with van der Waals surface area (Å²) in [6.07, 6.45) is 8.19. The Morgan fingerprint density at radius 3 is 2.55 bits per heavy atom. The van der Waals surface area contributed by atoms with Gasteiger partial charge in [-0.3, -0.25) is 0 Å². The molecule has 0 aromatic heterocycles. The summed E-state index contributed by atoms with van der Waals surface area (Å²) in [5.41, 5.74) is 6.27. The Morgan fingerprint density at radius 1 is 1.36 bits per heavy atom. The topological polar surface area (TPSA) is 26.0 Å². The number of rotatable bonds is 4. The molecule has 2 rings (SSSR count). The number of thioether (sulfide) groups is 1. The van der Waals surface area contributed by atoms with Crippen molar-refractivity contribution >= 4 is 11.8 Å². The quantitative estimate of drug-likeness (QED) is 0.701. The van der Waals surface area contributed by atoms with Gasteiger partial charge in [0, 0.05) is 10.8 Å². The molecule has 64 valence electrons. The van der Waals surface area contributed by atoms with Gasteiger partial charge in [-0.15, -0.1) is 0 Å². The second-order valence-electron chi connectivity index (χ2n) is 4.04. The lowest BCUT2D eigenvalue weighted by molar-refractivity contribution is 0.521. The molecule has 2 aliphatic carbocycles. The third kappa shape index (κ3) is 2.12. The summed E-state index contributed by atoms with van der Waals surface area (Å²) in [6, 6.07) is 0. The molecule has 0 spiro atoms. The molecule has 0 saturated heterocycles. The van der Waals surface area contributed by atoms with E-state index in [1.807, 2.05) is 0 Å². The average Bonchev–Trinajstić information content (AvgIpc) is 2.57. The van der Waals surface area contributed by atoms with Gasteiger partial charge in [-0.2, -0.15) is 11.8 Å². The minimum absolute atomic E-state index is 0.288. The van der Waals surface area contributed by atoms with E-state index in [1.165, 1.54) is 44.3 Å². The van der Waals surface area contributed by atoms with Gasteiger partial charge < -0.3 is 5.73 Å². The highest BCUT2D eigenvalue weighted by Crippen LogP contribution is 2.38. The lowest BCUT2D eigenvalue weighted by Crippen LogP contribution is -2.23. The lowest BCUT2D eigenvalue weighted by Gasteiger charge is -2.25. The molecule has 2 saturated carbocycles. The smallest absolute Gasteiger partial charge is 0.0163 e. The van der Waals surface area contributed by atoms with Crippen LogP contribution in [0.4, 0.5) is 0 Å². The van der Waals surface area contributed by atoms with Gasteiger partial charge in [0.05, 0.1) is 0 Å². The van der Waals surface area contributed by atoms with Crippen LogP contribution in [-0.2, 0) is 0 Å². The Labute approximate surface area is 73.1 Å². The fourth-order valence-corrected chi connectivity index (χ4v) is 2.90. The Hall–Kier alpha value is 0.310. The highest BCUT2D eigenvalue weighted by atomic mass is 32.2. The molecule has 1 nitrogen and oxygen atoms in total. The summed E-state index contributed by atoms with van der Waals surface area (Å²) in [4.78, 5) is 0. The van der Waals surface area contributed by atoms with E-state index in [0.717, 1.165) is 5.25 Å². The van der Waals surface area contributed by atoms with Gasteiger partial charge in [-0.1, -0.05) is 6.42 Å². The van der Waals surface area contributed by atoms with E-state index in [1.54, 1.807) is 0 Å². The predicted octanol–water partition coefficient (Wildman–Crippen LogP) is 2.15. The van der Waals surface area contributed by atoms with E-state index in [0.29, 0.717) is 0 Å². The first-order chi connectivity index (χ1) is 5.29. The van der Waals surface area contributed by atoms with Crippen molar-refractivity contribution in [1.82, 2.24) is 0 Å². The molecule has 0 atom stereocenters. The summed E-state index contributed by atoms with van der Waals surface area (Å²) in [5.74, 6) is 1.31. The first-order valence-electron chi connectivity index (χ1n) is 4.69. The van der Waals surface area contributed by atoms with E-state index in [9.17, 15) is 0 Å². The fourth-order valence-electron chi connectivity index (χ4n) is 1.38. The molecule has 0 aromatic rings. The van der Waals surface area contributed by atoms with Crippen LogP contribution in [-0.4, -0.2) is 16.5 Å². The predicted molar refractivity (Wildman–Crippen MR) is 50.9 cm³/mol. The van der Waals surface area contributed by atoms with E-state index in [2.05, 4.69) is 11.8 Å². The molecule has 2 heteroatoms. The molecule has 2 aliphatic rings. The van der Waals surface area contributed by atoms with Crippen molar-refractivity contribution in [2.24, 2.45) is 5.73 Å². The Bertz CT molecular complexity index is 138. The third-order valence-electron chi connectivity index (χ3n) is 2.90. The normalized spacial score (nSPS) is 28.1. The first kappa shape index (κ1) is 7.93. The highest BCUT2D eigenvalue weighted by molar-refractivity contribution is 7.99. The van der Waals surface area contributed by atoms with Crippen molar-refractivity contribution in [2.75, 3.05) is 5.75 Å². The number of hydrogen-bond acceptors (Lipinski definition) is 2. The van der Waals surface area contributed by atoms with Crippen molar-refractivity contribution in [2.45, 2.75) is 49.3 Å². The van der Waals surface area contributed by atoms with Crippen LogP contribution in [0.2, 0.25) is 0 Å². The second-order valence-corrected chi connectivity index (χ2v) is 5.44. The van der Waals surface area contributed by atoms with Crippen molar-refractivity contribution < 1.29 is 0 Å². The van der Waals surface area contributed by atoms with Crippen LogP contribution >= 0.6 is 11.8 Å². The molecule has 0 heterocycles. The van der Waals surface area contributed by atoms with Crippen molar-refractivity contribution in [1.29, 1.82) is 0 Å². The monoisotopic (exact) mass is 171 g/mol. The van der Waals surface area contributed by atoms with Crippen LogP contribution in [0.1, 0.15) is 38.5 Å². The van der Waals surface area contributed by atoms with Crippen LogP contribution in [0.5, 0.6) is 0 Å². The summed E-state index contributed by atoms with van der Waals surface area (Å²) in [6.45, 7) is 0. The molecule has 11 heavy (non-hydrogen) atoms. The molecule has 0 unspecified atom stereocenters. The average molecular weight is 171 g/mol. The summed E-state index contributed by atoms with van der Waals surface area (Å²) in [5, 5.41) is 0.998. The maximum atomic E-state index is 5.98. The van der Waals surface area contributed by atoms with Gasteiger partial charge in [0.15, 0.2) is 0 Å². The summed E-state index contributed by atoms with van der Waals surface area (Å²) >= 11 is 2.15. The third-order valence-corrected chi connectivity index (χ3v) is 4.28. The molecular formula is C9H17NS. The van der Waals surface area contributed by atoms with Gasteiger partial charge in [-0.05, 0) is 37.9 Å². The van der Waals surface area contributed by atoms with Gasteiger partial charge in [-0.25, -0.2) is 0 Å². The largest absolute Gasteiger partial charge is 0.325 e. The molecule has 0 amide bonds. The Balaban J connectivity index is 1.53. The maximum Gasteiger partial charge on any atom is 0.0163 e. The Kier molecular flexibility index (Phi) is 2.15. The first-order valence-corrected chi connectivity index (χ1v) is 5.74. The minimum Gasteiger partial charge on any atom is -0.325 e. The molecule has 0 aromatic carbocycles. The molecule has 0 bridgehead atoms. The summed E-state index contributed by atoms with van der Waals surface area (Å²) in [7, 11) is 0. The molecule has 2 N–H and O–H groups in total. The molecular weight excluding hydrogens is 154 g/mol. The Morgan fingerprint density at radius 2 is 2.09 bits per heavy atom.